The minimum atomic E-state index is -0.866. The molecule has 0 radical (unpaired) electrons. The van der Waals surface area contributed by atoms with Crippen molar-refractivity contribution in [2.45, 2.75) is 44.7 Å². The Morgan fingerprint density at radius 2 is 2.06 bits per heavy atom. The van der Waals surface area contributed by atoms with E-state index in [1.807, 2.05) is 6.92 Å². The molecule has 2 unspecified atom stereocenters. The fourth-order valence-corrected chi connectivity index (χ4v) is 2.04. The normalized spacial score (nSPS) is 23.4. The molecule has 1 heterocycles. The molecule has 0 aromatic heterocycles. The summed E-state index contributed by atoms with van der Waals surface area (Å²) in [6.07, 6.45) is 2.18. The number of nitrogens with zero attached hydrogens (tertiary/aromatic N) is 2. The molecule has 0 spiro atoms. The number of carbonyl (C=O) groups is 2. The molecule has 1 saturated heterocycles. The Morgan fingerprint density at radius 3 is 2.53 bits per heavy atom. The quantitative estimate of drug-likeness (QED) is 0.767. The molecule has 5 heteroatoms. The van der Waals surface area contributed by atoms with Crippen LogP contribution in [0.1, 0.15) is 33.1 Å². The van der Waals surface area contributed by atoms with Crippen LogP contribution in [0.5, 0.6) is 0 Å². The average Bonchev–Trinajstić information content (AvgIpc) is 2.75. The summed E-state index contributed by atoms with van der Waals surface area (Å²) in [5.74, 6) is -0.125. The van der Waals surface area contributed by atoms with E-state index < -0.39 is 5.54 Å². The topological polar surface area (TPSA) is 66.6 Å². The van der Waals surface area contributed by atoms with Crippen LogP contribution in [0.3, 0.4) is 0 Å². The van der Waals surface area contributed by atoms with E-state index in [0.29, 0.717) is 13.0 Å². The highest BCUT2D eigenvalue weighted by Crippen LogP contribution is 2.22. The maximum Gasteiger partial charge on any atom is 0.244 e. The number of likely N-dealkylation sites (tertiary alicyclic amines) is 1. The number of nitrogens with two attached hydrogens (primary N) is 1. The Labute approximate surface area is 103 Å². The van der Waals surface area contributed by atoms with Gasteiger partial charge in [0.15, 0.2) is 0 Å². The lowest BCUT2D eigenvalue weighted by molar-refractivity contribution is -0.145. The molecule has 2 amide bonds. The second-order valence-corrected chi connectivity index (χ2v) is 5.16. The largest absolute Gasteiger partial charge is 0.347 e. The summed E-state index contributed by atoms with van der Waals surface area (Å²) in [5, 5.41) is 0. The van der Waals surface area contributed by atoms with Gasteiger partial charge in [-0.3, -0.25) is 9.59 Å². The van der Waals surface area contributed by atoms with Crippen LogP contribution in [-0.2, 0) is 9.59 Å². The van der Waals surface area contributed by atoms with Crippen molar-refractivity contribution < 1.29 is 9.59 Å². The number of carbonyl (C=O) groups excluding carboxylic acids is 2. The molecular formula is C12H23N3O2. The highest BCUT2D eigenvalue weighted by atomic mass is 16.2. The molecule has 2 atom stereocenters. The molecule has 0 saturated carbocycles. The zero-order valence-electron chi connectivity index (χ0n) is 11.2. The van der Waals surface area contributed by atoms with Gasteiger partial charge in [0.25, 0.3) is 0 Å². The van der Waals surface area contributed by atoms with Gasteiger partial charge in [0.1, 0.15) is 6.04 Å². The summed E-state index contributed by atoms with van der Waals surface area (Å²) in [6.45, 7) is 4.25. The van der Waals surface area contributed by atoms with Crippen LogP contribution >= 0.6 is 0 Å². The molecule has 17 heavy (non-hydrogen) atoms. The first-order valence-electron chi connectivity index (χ1n) is 6.12. The van der Waals surface area contributed by atoms with Gasteiger partial charge in [-0.1, -0.05) is 6.92 Å². The zero-order valence-corrected chi connectivity index (χ0v) is 11.2. The molecule has 1 aliphatic rings. The van der Waals surface area contributed by atoms with E-state index in [2.05, 4.69) is 0 Å². The first kappa shape index (κ1) is 14.0. The van der Waals surface area contributed by atoms with E-state index in [4.69, 9.17) is 5.73 Å². The van der Waals surface area contributed by atoms with Crippen LogP contribution in [0.25, 0.3) is 0 Å². The summed E-state index contributed by atoms with van der Waals surface area (Å²) >= 11 is 0. The van der Waals surface area contributed by atoms with Crippen LogP contribution < -0.4 is 5.73 Å². The van der Waals surface area contributed by atoms with Gasteiger partial charge in [0.05, 0.1) is 5.54 Å². The van der Waals surface area contributed by atoms with E-state index in [0.717, 1.165) is 12.8 Å². The van der Waals surface area contributed by atoms with Crippen molar-refractivity contribution in [2.24, 2.45) is 5.73 Å². The Morgan fingerprint density at radius 1 is 1.47 bits per heavy atom. The number of hydrogen-bond donors (Lipinski definition) is 1. The van der Waals surface area contributed by atoms with E-state index in [-0.39, 0.29) is 17.9 Å². The van der Waals surface area contributed by atoms with Crippen molar-refractivity contribution in [3.05, 3.63) is 0 Å². The fraction of sp³-hybridized carbons (Fsp3) is 0.833. The van der Waals surface area contributed by atoms with Crippen molar-refractivity contribution in [2.75, 3.05) is 20.6 Å². The van der Waals surface area contributed by atoms with E-state index in [1.54, 1.807) is 25.9 Å². The fourth-order valence-electron chi connectivity index (χ4n) is 2.04. The first-order chi connectivity index (χ1) is 7.81. The van der Waals surface area contributed by atoms with Crippen LogP contribution in [0, 0.1) is 0 Å². The third kappa shape index (κ3) is 2.77. The minimum Gasteiger partial charge on any atom is -0.347 e. The molecule has 0 aromatic carbocycles. The Kier molecular flexibility index (Phi) is 4.14. The average molecular weight is 241 g/mol. The molecule has 98 valence electrons. The van der Waals surface area contributed by atoms with Crippen molar-refractivity contribution >= 4 is 11.8 Å². The van der Waals surface area contributed by atoms with Crippen LogP contribution in [0.15, 0.2) is 0 Å². The van der Waals surface area contributed by atoms with Crippen molar-refractivity contribution in [3.8, 4) is 0 Å². The van der Waals surface area contributed by atoms with Crippen LogP contribution in [0.4, 0.5) is 0 Å². The summed E-state index contributed by atoms with van der Waals surface area (Å²) in [4.78, 5) is 27.4. The second kappa shape index (κ2) is 5.04. The molecule has 1 rings (SSSR count). The number of hydrogen-bond acceptors (Lipinski definition) is 3. The third-order valence-electron chi connectivity index (χ3n) is 3.46. The van der Waals surface area contributed by atoms with Gasteiger partial charge in [0, 0.05) is 20.6 Å². The molecule has 0 bridgehead atoms. The summed E-state index contributed by atoms with van der Waals surface area (Å²) < 4.78 is 0. The maximum absolute atomic E-state index is 12.3. The SMILES string of the molecule is CCC(C)(N)C(=O)N1CCCC1C(=O)N(C)C. The predicted octanol–water partition coefficient (Wildman–Crippen LogP) is 0.193. The van der Waals surface area contributed by atoms with Gasteiger partial charge in [-0.15, -0.1) is 0 Å². The number of likely N-dealkylation sites (N-methyl/N-ethyl adjacent to an activating group) is 1. The zero-order chi connectivity index (χ0) is 13.2. The molecule has 5 nitrogen and oxygen atoms in total. The molecule has 0 aliphatic carbocycles. The lowest BCUT2D eigenvalue weighted by Crippen LogP contribution is -2.56. The van der Waals surface area contributed by atoms with E-state index in [1.165, 1.54) is 4.90 Å². The van der Waals surface area contributed by atoms with Gasteiger partial charge in [-0.2, -0.15) is 0 Å². The number of amides is 2. The molecule has 1 fully saturated rings. The second-order valence-electron chi connectivity index (χ2n) is 5.16. The monoisotopic (exact) mass is 241 g/mol. The predicted molar refractivity (Wildman–Crippen MR) is 66.3 cm³/mol. The van der Waals surface area contributed by atoms with Crippen molar-refractivity contribution in [3.63, 3.8) is 0 Å². The van der Waals surface area contributed by atoms with Gasteiger partial charge >= 0.3 is 0 Å². The minimum absolute atomic E-state index is 0.0113. The molecule has 2 N–H and O–H groups in total. The highest BCUT2D eigenvalue weighted by Gasteiger charge is 2.40. The molecular weight excluding hydrogens is 218 g/mol. The summed E-state index contributed by atoms with van der Waals surface area (Å²) in [7, 11) is 3.43. The van der Waals surface area contributed by atoms with Crippen LogP contribution in [0.2, 0.25) is 0 Å². The van der Waals surface area contributed by atoms with E-state index >= 15 is 0 Å². The Bertz CT molecular complexity index is 313. The Hall–Kier alpha value is -1.10. The van der Waals surface area contributed by atoms with Crippen LogP contribution in [-0.4, -0.2) is 53.8 Å². The van der Waals surface area contributed by atoms with Gasteiger partial charge in [0.2, 0.25) is 11.8 Å². The van der Waals surface area contributed by atoms with Gasteiger partial charge in [-0.05, 0) is 26.2 Å². The van der Waals surface area contributed by atoms with E-state index in [9.17, 15) is 9.59 Å². The highest BCUT2D eigenvalue weighted by molar-refractivity contribution is 5.92. The molecule has 1 aliphatic heterocycles. The maximum atomic E-state index is 12.3. The van der Waals surface area contributed by atoms with Crippen molar-refractivity contribution in [1.29, 1.82) is 0 Å². The number of rotatable bonds is 3. The van der Waals surface area contributed by atoms with Gasteiger partial charge < -0.3 is 15.5 Å². The van der Waals surface area contributed by atoms with Crippen molar-refractivity contribution in [1.82, 2.24) is 9.80 Å². The summed E-state index contributed by atoms with van der Waals surface area (Å²) in [5.41, 5.74) is 5.10. The van der Waals surface area contributed by atoms with Gasteiger partial charge in [-0.25, -0.2) is 0 Å². The summed E-state index contributed by atoms with van der Waals surface area (Å²) in [6, 6.07) is -0.327. The standard InChI is InChI=1S/C12H23N3O2/c1-5-12(2,13)11(17)15-8-6-7-9(15)10(16)14(3)4/h9H,5-8,13H2,1-4H3. The molecule has 0 aromatic rings. The third-order valence-corrected chi connectivity index (χ3v) is 3.46. The smallest absolute Gasteiger partial charge is 0.244 e. The Balaban J connectivity index is 2.83. The lowest BCUT2D eigenvalue weighted by Gasteiger charge is -2.32. The first-order valence-corrected chi connectivity index (χ1v) is 6.12. The lowest BCUT2D eigenvalue weighted by atomic mass is 9.98.